The van der Waals surface area contributed by atoms with Crippen molar-refractivity contribution in [3.63, 3.8) is 0 Å². The smallest absolute Gasteiger partial charge is 0.142 e. The number of aliphatic hydroxyl groups excluding tert-OH is 1. The second-order valence-electron chi connectivity index (χ2n) is 11.1. The molecule has 0 aromatic heterocycles. The molecule has 182 valence electrons. The SMILES string of the molecule is COc1ccccc1N1CCN(CC(O)COc2ccc(C(C)(C)CC(C)(C)C)cc2)CC1. The lowest BCUT2D eigenvalue weighted by molar-refractivity contribution is 0.0662. The Morgan fingerprint density at radius 3 is 2.15 bits per heavy atom. The maximum absolute atomic E-state index is 10.5. The highest BCUT2D eigenvalue weighted by Crippen LogP contribution is 2.36. The number of aliphatic hydroxyl groups is 1. The van der Waals surface area contributed by atoms with Crippen molar-refractivity contribution in [3.05, 3.63) is 54.1 Å². The zero-order valence-corrected chi connectivity index (χ0v) is 21.3. The lowest BCUT2D eigenvalue weighted by atomic mass is 9.72. The zero-order valence-electron chi connectivity index (χ0n) is 21.3. The van der Waals surface area contributed by atoms with E-state index in [2.05, 4.69) is 62.6 Å². The van der Waals surface area contributed by atoms with Gasteiger partial charge in [0.05, 0.1) is 12.8 Å². The standard InChI is InChI=1S/C28H42N2O3/c1-27(2,3)21-28(4,5)22-11-13-24(14-12-22)33-20-23(31)19-29-15-17-30(18-16-29)25-9-7-8-10-26(25)32-6/h7-14,23,31H,15-21H2,1-6H3. The van der Waals surface area contributed by atoms with Crippen LogP contribution in [-0.4, -0.2) is 62.6 Å². The number of methoxy groups -OCH3 is 1. The van der Waals surface area contributed by atoms with E-state index in [0.29, 0.717) is 13.2 Å². The fourth-order valence-electron chi connectivity index (χ4n) is 5.04. The third kappa shape index (κ3) is 7.38. The predicted octanol–water partition coefficient (Wildman–Crippen LogP) is 4.97. The van der Waals surface area contributed by atoms with Crippen LogP contribution in [-0.2, 0) is 5.41 Å². The van der Waals surface area contributed by atoms with Gasteiger partial charge in [0.15, 0.2) is 0 Å². The number of nitrogens with zero attached hydrogens (tertiary/aromatic N) is 2. The maximum atomic E-state index is 10.5. The van der Waals surface area contributed by atoms with E-state index in [4.69, 9.17) is 9.47 Å². The van der Waals surface area contributed by atoms with Crippen LogP contribution in [0.5, 0.6) is 11.5 Å². The summed E-state index contributed by atoms with van der Waals surface area (Å²) in [4.78, 5) is 4.65. The van der Waals surface area contributed by atoms with E-state index in [1.54, 1.807) is 7.11 Å². The van der Waals surface area contributed by atoms with Crippen LogP contribution in [0.1, 0.15) is 46.6 Å². The first-order valence-corrected chi connectivity index (χ1v) is 12.1. The van der Waals surface area contributed by atoms with E-state index in [0.717, 1.165) is 49.8 Å². The van der Waals surface area contributed by atoms with Gasteiger partial charge in [0.1, 0.15) is 24.2 Å². The molecule has 2 aromatic carbocycles. The van der Waals surface area contributed by atoms with Gasteiger partial charge in [0.25, 0.3) is 0 Å². The molecule has 0 bridgehead atoms. The molecule has 0 saturated carbocycles. The summed E-state index contributed by atoms with van der Waals surface area (Å²) in [6.07, 6.45) is 0.600. The second-order valence-corrected chi connectivity index (χ2v) is 11.1. The molecule has 1 N–H and O–H groups in total. The number of piperazine rings is 1. The molecule has 5 nitrogen and oxygen atoms in total. The average molecular weight is 455 g/mol. The van der Waals surface area contributed by atoms with E-state index < -0.39 is 6.10 Å². The lowest BCUT2D eigenvalue weighted by Gasteiger charge is -2.37. The molecule has 2 aromatic rings. The number of hydrogen-bond acceptors (Lipinski definition) is 5. The minimum atomic E-state index is -0.514. The Bertz CT molecular complexity index is 865. The van der Waals surface area contributed by atoms with Crippen molar-refractivity contribution in [3.8, 4) is 11.5 Å². The first-order valence-electron chi connectivity index (χ1n) is 12.1. The first kappa shape index (κ1) is 25.4. The van der Waals surface area contributed by atoms with Crippen LogP contribution in [0.3, 0.4) is 0 Å². The molecule has 1 heterocycles. The summed E-state index contributed by atoms with van der Waals surface area (Å²) in [5, 5.41) is 10.5. The average Bonchev–Trinajstić information content (AvgIpc) is 2.77. The summed E-state index contributed by atoms with van der Waals surface area (Å²) >= 11 is 0. The number of ether oxygens (including phenoxy) is 2. The topological polar surface area (TPSA) is 45.2 Å². The number of anilines is 1. The Balaban J connectivity index is 1.44. The Morgan fingerprint density at radius 2 is 1.55 bits per heavy atom. The summed E-state index contributed by atoms with van der Waals surface area (Å²) in [5.41, 5.74) is 2.85. The Hall–Kier alpha value is -2.24. The summed E-state index contributed by atoms with van der Waals surface area (Å²) in [6.45, 7) is 16.0. The highest BCUT2D eigenvalue weighted by Gasteiger charge is 2.27. The number of benzene rings is 2. The highest BCUT2D eigenvalue weighted by atomic mass is 16.5. The largest absolute Gasteiger partial charge is 0.495 e. The summed E-state index contributed by atoms with van der Waals surface area (Å²) < 4.78 is 11.4. The number of para-hydroxylation sites is 2. The summed E-state index contributed by atoms with van der Waals surface area (Å²) in [7, 11) is 1.71. The highest BCUT2D eigenvalue weighted by molar-refractivity contribution is 5.58. The third-order valence-corrected chi connectivity index (χ3v) is 6.32. The summed E-state index contributed by atoms with van der Waals surface area (Å²) in [5.74, 6) is 1.72. The van der Waals surface area contributed by atoms with Crippen molar-refractivity contribution < 1.29 is 14.6 Å². The first-order chi connectivity index (χ1) is 15.6. The lowest BCUT2D eigenvalue weighted by Crippen LogP contribution is -2.49. The van der Waals surface area contributed by atoms with Crippen LogP contribution in [0, 0.1) is 5.41 Å². The fraction of sp³-hybridized carbons (Fsp3) is 0.571. The van der Waals surface area contributed by atoms with Gasteiger partial charge in [-0.1, -0.05) is 58.9 Å². The molecule has 0 radical (unpaired) electrons. The minimum absolute atomic E-state index is 0.113. The van der Waals surface area contributed by atoms with Crippen LogP contribution in [0.25, 0.3) is 0 Å². The van der Waals surface area contributed by atoms with Crippen molar-refractivity contribution in [1.82, 2.24) is 4.90 Å². The van der Waals surface area contributed by atoms with Crippen LogP contribution in [0.4, 0.5) is 5.69 Å². The van der Waals surface area contributed by atoms with Gasteiger partial charge in [-0.15, -0.1) is 0 Å². The Kier molecular flexibility index (Phi) is 8.30. The van der Waals surface area contributed by atoms with E-state index in [9.17, 15) is 5.11 Å². The van der Waals surface area contributed by atoms with Crippen molar-refractivity contribution in [2.75, 3.05) is 51.3 Å². The van der Waals surface area contributed by atoms with Crippen LogP contribution in [0.2, 0.25) is 0 Å². The van der Waals surface area contributed by atoms with Gasteiger partial charge in [0.2, 0.25) is 0 Å². The molecule has 1 saturated heterocycles. The van der Waals surface area contributed by atoms with E-state index in [1.165, 1.54) is 5.56 Å². The quantitative estimate of drug-likeness (QED) is 0.580. The molecule has 1 fully saturated rings. The van der Waals surface area contributed by atoms with E-state index in [1.807, 2.05) is 30.3 Å². The third-order valence-electron chi connectivity index (χ3n) is 6.32. The molecule has 1 unspecified atom stereocenters. The monoisotopic (exact) mass is 454 g/mol. The number of hydrogen-bond donors (Lipinski definition) is 1. The van der Waals surface area contributed by atoms with Crippen molar-refractivity contribution in [2.24, 2.45) is 5.41 Å². The molecule has 5 heteroatoms. The van der Waals surface area contributed by atoms with Crippen LogP contribution in [0.15, 0.2) is 48.5 Å². The molecule has 1 aliphatic rings. The zero-order chi connectivity index (χ0) is 24.1. The minimum Gasteiger partial charge on any atom is -0.495 e. The van der Waals surface area contributed by atoms with Crippen molar-refractivity contribution in [2.45, 2.75) is 52.6 Å². The molecule has 33 heavy (non-hydrogen) atoms. The molecular formula is C28H42N2O3. The second kappa shape index (κ2) is 10.8. The van der Waals surface area contributed by atoms with Gasteiger partial charge < -0.3 is 19.5 Å². The molecular weight excluding hydrogens is 412 g/mol. The van der Waals surface area contributed by atoms with Gasteiger partial charge in [-0.25, -0.2) is 0 Å². The van der Waals surface area contributed by atoms with E-state index >= 15 is 0 Å². The van der Waals surface area contributed by atoms with E-state index in [-0.39, 0.29) is 10.8 Å². The van der Waals surface area contributed by atoms with Gasteiger partial charge in [-0.3, -0.25) is 4.90 Å². The van der Waals surface area contributed by atoms with Gasteiger partial charge >= 0.3 is 0 Å². The van der Waals surface area contributed by atoms with Gasteiger partial charge in [0, 0.05) is 32.7 Å². The summed E-state index contributed by atoms with van der Waals surface area (Å²) in [6, 6.07) is 16.5. The molecule has 0 amide bonds. The molecule has 0 spiro atoms. The molecule has 0 aliphatic carbocycles. The van der Waals surface area contributed by atoms with Crippen LogP contribution < -0.4 is 14.4 Å². The van der Waals surface area contributed by atoms with Crippen molar-refractivity contribution >= 4 is 5.69 Å². The van der Waals surface area contributed by atoms with Crippen LogP contribution >= 0.6 is 0 Å². The van der Waals surface area contributed by atoms with Gasteiger partial charge in [-0.2, -0.15) is 0 Å². The Labute approximate surface area is 200 Å². The van der Waals surface area contributed by atoms with Gasteiger partial charge in [-0.05, 0) is 47.1 Å². The number of β-amino-alcohol motifs (C(OH)–C–C–N with tert-alkyl or cyclic N) is 1. The molecule has 1 atom stereocenters. The fourth-order valence-corrected chi connectivity index (χ4v) is 5.04. The maximum Gasteiger partial charge on any atom is 0.142 e. The van der Waals surface area contributed by atoms with Crippen molar-refractivity contribution in [1.29, 1.82) is 0 Å². The predicted molar refractivity (Wildman–Crippen MR) is 137 cm³/mol. The number of rotatable bonds is 9. The molecule has 3 rings (SSSR count). The Morgan fingerprint density at radius 1 is 0.909 bits per heavy atom. The normalized spacial score (nSPS) is 16.5. The molecule has 1 aliphatic heterocycles.